The Morgan fingerprint density at radius 2 is 2.10 bits per heavy atom. The van der Waals surface area contributed by atoms with Crippen molar-refractivity contribution >= 4 is 0 Å². The van der Waals surface area contributed by atoms with Crippen molar-refractivity contribution in [2.24, 2.45) is 0 Å². The van der Waals surface area contributed by atoms with Gasteiger partial charge in [-0.3, -0.25) is 0 Å². The fourth-order valence-electron chi connectivity index (χ4n) is 3.28. The van der Waals surface area contributed by atoms with Gasteiger partial charge in [-0.05, 0) is 52.0 Å². The highest BCUT2D eigenvalue weighted by Crippen LogP contribution is 2.34. The number of hydrogen-bond acceptors (Lipinski definition) is 4. The van der Waals surface area contributed by atoms with Gasteiger partial charge in [0.2, 0.25) is 0 Å². The molecule has 5 heteroatoms. The van der Waals surface area contributed by atoms with Crippen LogP contribution in [0.15, 0.2) is 0 Å². The average molecular weight is 278 g/mol. The summed E-state index contributed by atoms with van der Waals surface area (Å²) in [5, 5.41) is 22.3. The van der Waals surface area contributed by atoms with Gasteiger partial charge < -0.3 is 15.0 Å². The van der Waals surface area contributed by atoms with Crippen LogP contribution in [0, 0.1) is 0 Å². The predicted octanol–water partition coefficient (Wildman–Crippen LogP) is 1.96. The summed E-state index contributed by atoms with van der Waals surface area (Å²) in [4.78, 5) is 0. The van der Waals surface area contributed by atoms with Crippen LogP contribution >= 0.6 is 0 Å². The van der Waals surface area contributed by atoms with Gasteiger partial charge in [0.25, 0.3) is 0 Å². The third kappa shape index (κ3) is 2.88. The lowest BCUT2D eigenvalue weighted by Crippen LogP contribution is -2.40. The van der Waals surface area contributed by atoms with Crippen LogP contribution in [0.4, 0.5) is 0 Å². The molecule has 0 saturated heterocycles. The molecule has 1 aromatic rings. The summed E-state index contributed by atoms with van der Waals surface area (Å²) >= 11 is 0. The smallest absolute Gasteiger partial charge is 0.149 e. The molecule has 0 spiro atoms. The van der Waals surface area contributed by atoms with E-state index in [2.05, 4.69) is 27.0 Å². The Kier molecular flexibility index (Phi) is 4.08. The Bertz CT molecular complexity index is 453. The summed E-state index contributed by atoms with van der Waals surface area (Å²) < 4.78 is 2.29. The Morgan fingerprint density at radius 3 is 2.85 bits per heavy atom. The molecule has 112 valence electrons. The molecule has 0 radical (unpaired) electrons. The van der Waals surface area contributed by atoms with E-state index in [-0.39, 0.29) is 6.04 Å². The second kappa shape index (κ2) is 5.82. The van der Waals surface area contributed by atoms with E-state index in [1.165, 1.54) is 25.7 Å². The molecule has 20 heavy (non-hydrogen) atoms. The Hall–Kier alpha value is -0.940. The zero-order valence-electron chi connectivity index (χ0n) is 12.4. The SMILES string of the molecule is C[C@@H](NCCC1(O)CCC1)c1nnc2n1CCCCC2. The van der Waals surface area contributed by atoms with E-state index in [1.807, 2.05) is 0 Å². The summed E-state index contributed by atoms with van der Waals surface area (Å²) in [7, 11) is 0. The fraction of sp³-hybridized carbons (Fsp3) is 0.867. The van der Waals surface area contributed by atoms with Crippen molar-refractivity contribution in [3.8, 4) is 0 Å². The monoisotopic (exact) mass is 278 g/mol. The van der Waals surface area contributed by atoms with Crippen LogP contribution in [0.5, 0.6) is 0 Å². The first-order valence-electron chi connectivity index (χ1n) is 8.06. The molecule has 2 heterocycles. The normalized spacial score (nSPS) is 22.7. The minimum absolute atomic E-state index is 0.207. The van der Waals surface area contributed by atoms with Gasteiger partial charge in [-0.2, -0.15) is 0 Å². The minimum atomic E-state index is -0.394. The topological polar surface area (TPSA) is 63.0 Å². The van der Waals surface area contributed by atoms with Gasteiger partial charge >= 0.3 is 0 Å². The van der Waals surface area contributed by atoms with Gasteiger partial charge in [-0.25, -0.2) is 0 Å². The van der Waals surface area contributed by atoms with Gasteiger partial charge in [0.05, 0.1) is 11.6 Å². The fourth-order valence-corrected chi connectivity index (χ4v) is 3.28. The third-order valence-electron chi connectivity index (χ3n) is 4.85. The quantitative estimate of drug-likeness (QED) is 0.864. The molecule has 0 unspecified atom stereocenters. The summed E-state index contributed by atoms with van der Waals surface area (Å²) in [5.41, 5.74) is -0.394. The van der Waals surface area contributed by atoms with Crippen molar-refractivity contribution < 1.29 is 5.11 Å². The molecule has 3 rings (SSSR count). The first-order valence-corrected chi connectivity index (χ1v) is 8.06. The number of nitrogens with one attached hydrogen (secondary N) is 1. The molecule has 1 fully saturated rings. The van der Waals surface area contributed by atoms with Gasteiger partial charge in [0, 0.05) is 13.0 Å². The number of nitrogens with zero attached hydrogens (tertiary/aromatic N) is 3. The van der Waals surface area contributed by atoms with Crippen molar-refractivity contribution in [1.29, 1.82) is 0 Å². The van der Waals surface area contributed by atoms with E-state index in [4.69, 9.17) is 0 Å². The van der Waals surface area contributed by atoms with E-state index in [1.54, 1.807) is 0 Å². The lowest BCUT2D eigenvalue weighted by atomic mass is 9.78. The van der Waals surface area contributed by atoms with Crippen LogP contribution in [0.25, 0.3) is 0 Å². The number of aromatic nitrogens is 3. The molecule has 0 amide bonds. The Morgan fingerprint density at radius 1 is 1.25 bits per heavy atom. The minimum Gasteiger partial charge on any atom is -0.390 e. The lowest BCUT2D eigenvalue weighted by Gasteiger charge is -2.37. The molecule has 0 bridgehead atoms. The second-order valence-corrected chi connectivity index (χ2v) is 6.44. The first kappa shape index (κ1) is 14.0. The average Bonchev–Trinajstić information content (AvgIpc) is 2.66. The maximum absolute atomic E-state index is 10.1. The second-order valence-electron chi connectivity index (χ2n) is 6.44. The predicted molar refractivity (Wildman–Crippen MR) is 77.4 cm³/mol. The summed E-state index contributed by atoms with van der Waals surface area (Å²) in [6.07, 6.45) is 8.74. The summed E-state index contributed by atoms with van der Waals surface area (Å²) in [6, 6.07) is 0.207. The van der Waals surface area contributed by atoms with Gasteiger partial charge in [-0.15, -0.1) is 10.2 Å². The van der Waals surface area contributed by atoms with Crippen LogP contribution < -0.4 is 5.32 Å². The highest BCUT2D eigenvalue weighted by molar-refractivity contribution is 5.02. The van der Waals surface area contributed by atoms with Crippen LogP contribution in [-0.4, -0.2) is 32.0 Å². The molecule has 2 aliphatic rings. The lowest BCUT2D eigenvalue weighted by molar-refractivity contribution is -0.0398. The molecular formula is C15H26N4O. The van der Waals surface area contributed by atoms with E-state index in [0.717, 1.165) is 50.4 Å². The zero-order valence-corrected chi connectivity index (χ0v) is 12.4. The first-order chi connectivity index (χ1) is 9.68. The maximum Gasteiger partial charge on any atom is 0.149 e. The van der Waals surface area contributed by atoms with Crippen LogP contribution in [0.2, 0.25) is 0 Å². The molecule has 1 atom stereocenters. The molecular weight excluding hydrogens is 252 g/mol. The number of hydrogen-bond donors (Lipinski definition) is 2. The molecule has 1 aliphatic heterocycles. The van der Waals surface area contributed by atoms with Crippen molar-refractivity contribution in [3.05, 3.63) is 11.6 Å². The molecule has 0 aromatic carbocycles. The van der Waals surface area contributed by atoms with Gasteiger partial charge in [-0.1, -0.05) is 6.42 Å². The van der Waals surface area contributed by atoms with Gasteiger partial charge in [0.15, 0.2) is 0 Å². The van der Waals surface area contributed by atoms with E-state index < -0.39 is 5.60 Å². The van der Waals surface area contributed by atoms with Crippen LogP contribution in [0.1, 0.15) is 69.6 Å². The number of rotatable bonds is 5. The maximum atomic E-state index is 10.1. The standard InChI is InChI=1S/C15H26N4O/c1-12(16-10-9-15(20)7-5-8-15)14-18-17-13-6-3-2-4-11-19(13)14/h12,16,20H,2-11H2,1H3/t12-/m1/s1. The number of aliphatic hydroxyl groups is 1. The summed E-state index contributed by atoms with van der Waals surface area (Å²) in [6.45, 7) is 4.04. The molecule has 1 aliphatic carbocycles. The van der Waals surface area contributed by atoms with E-state index in [9.17, 15) is 5.11 Å². The van der Waals surface area contributed by atoms with Crippen molar-refractivity contribution in [1.82, 2.24) is 20.1 Å². The molecule has 5 nitrogen and oxygen atoms in total. The highest BCUT2D eigenvalue weighted by Gasteiger charge is 2.33. The Labute approximate surface area is 120 Å². The van der Waals surface area contributed by atoms with Crippen molar-refractivity contribution in [2.75, 3.05) is 6.54 Å². The van der Waals surface area contributed by atoms with E-state index in [0.29, 0.717) is 0 Å². The third-order valence-corrected chi connectivity index (χ3v) is 4.85. The van der Waals surface area contributed by atoms with Gasteiger partial charge in [0.1, 0.15) is 11.6 Å². The van der Waals surface area contributed by atoms with Crippen LogP contribution in [0.3, 0.4) is 0 Å². The van der Waals surface area contributed by atoms with Crippen molar-refractivity contribution in [3.63, 3.8) is 0 Å². The molecule has 1 saturated carbocycles. The molecule has 1 aromatic heterocycles. The largest absolute Gasteiger partial charge is 0.390 e. The van der Waals surface area contributed by atoms with Crippen LogP contribution in [-0.2, 0) is 13.0 Å². The zero-order chi connectivity index (χ0) is 14.0. The number of fused-ring (bicyclic) bond motifs is 1. The number of aryl methyl sites for hydroxylation is 1. The summed E-state index contributed by atoms with van der Waals surface area (Å²) in [5.74, 6) is 2.20. The van der Waals surface area contributed by atoms with Crippen molar-refractivity contribution in [2.45, 2.75) is 76.5 Å². The Balaban J connectivity index is 1.56. The van der Waals surface area contributed by atoms with E-state index >= 15 is 0 Å². The highest BCUT2D eigenvalue weighted by atomic mass is 16.3. The molecule has 2 N–H and O–H groups in total.